The smallest absolute Gasteiger partial charge is 0.164 e. The Hall–Kier alpha value is -3.57. The van der Waals surface area contributed by atoms with Gasteiger partial charge in [0.05, 0.1) is 17.9 Å². The fourth-order valence-electron chi connectivity index (χ4n) is 4.61. The monoisotopic (exact) mass is 537 g/mol. The van der Waals surface area contributed by atoms with E-state index in [4.69, 9.17) is 10.1 Å². The molecule has 0 radical (unpaired) electrons. The number of benzene rings is 1. The second kappa shape index (κ2) is 11.9. The number of rotatable bonds is 12. The van der Waals surface area contributed by atoms with Gasteiger partial charge in [-0.3, -0.25) is 0 Å². The SMILES string of the molecule is COCCN/C=C(\C=N)c1nccc(Nc2cc3c(C(C)C)ccc(N4CC(CS(C)(=O)=O)C4)c3cn2)n1. The number of ether oxygens (including phenoxy) is 1. The van der Waals surface area contributed by atoms with Gasteiger partial charge in [-0.2, -0.15) is 0 Å². The topological polar surface area (TPSA) is 133 Å². The Morgan fingerprint density at radius 2 is 2.00 bits per heavy atom. The Kier molecular flexibility index (Phi) is 8.58. The van der Waals surface area contributed by atoms with Gasteiger partial charge in [0, 0.05) is 74.8 Å². The van der Waals surface area contributed by atoms with E-state index in [0.717, 1.165) is 29.5 Å². The molecule has 1 fully saturated rings. The summed E-state index contributed by atoms with van der Waals surface area (Å²) in [5.74, 6) is 2.32. The van der Waals surface area contributed by atoms with Gasteiger partial charge in [-0.1, -0.05) is 19.9 Å². The van der Waals surface area contributed by atoms with E-state index in [-0.39, 0.29) is 11.7 Å². The molecule has 11 heteroatoms. The zero-order valence-electron chi connectivity index (χ0n) is 22.2. The lowest BCUT2D eigenvalue weighted by atomic mass is 9.93. The van der Waals surface area contributed by atoms with Crippen LogP contribution in [0.2, 0.25) is 0 Å². The zero-order valence-corrected chi connectivity index (χ0v) is 23.0. The molecule has 0 unspecified atom stereocenters. The molecule has 2 aromatic heterocycles. The molecule has 0 atom stereocenters. The van der Waals surface area contributed by atoms with Crippen molar-refractivity contribution in [2.24, 2.45) is 5.92 Å². The zero-order chi connectivity index (χ0) is 27.3. The molecular weight excluding hydrogens is 502 g/mol. The van der Waals surface area contributed by atoms with Crippen LogP contribution >= 0.6 is 0 Å². The van der Waals surface area contributed by atoms with E-state index in [1.807, 2.05) is 12.3 Å². The first-order valence-electron chi connectivity index (χ1n) is 12.6. The van der Waals surface area contributed by atoms with Crippen molar-refractivity contribution in [1.82, 2.24) is 20.3 Å². The molecule has 1 aromatic carbocycles. The summed E-state index contributed by atoms with van der Waals surface area (Å²) < 4.78 is 28.4. The highest BCUT2D eigenvalue weighted by molar-refractivity contribution is 7.90. The summed E-state index contributed by atoms with van der Waals surface area (Å²) in [5, 5.41) is 16.3. The highest BCUT2D eigenvalue weighted by Gasteiger charge is 2.31. The van der Waals surface area contributed by atoms with Gasteiger partial charge in [-0.15, -0.1) is 0 Å². The Labute approximate surface area is 224 Å². The molecule has 3 N–H and O–H groups in total. The molecule has 1 aliphatic heterocycles. The number of nitrogens with zero attached hydrogens (tertiary/aromatic N) is 4. The van der Waals surface area contributed by atoms with Crippen LogP contribution in [0.25, 0.3) is 16.3 Å². The van der Waals surface area contributed by atoms with E-state index in [1.165, 1.54) is 18.0 Å². The first-order valence-corrected chi connectivity index (χ1v) is 14.6. The second-order valence-electron chi connectivity index (χ2n) is 9.89. The Morgan fingerprint density at radius 3 is 2.68 bits per heavy atom. The summed E-state index contributed by atoms with van der Waals surface area (Å²) >= 11 is 0. The second-order valence-corrected chi connectivity index (χ2v) is 12.1. The molecule has 3 aromatic rings. The van der Waals surface area contributed by atoms with E-state index >= 15 is 0 Å². The molecule has 202 valence electrons. The Bertz CT molecular complexity index is 1430. The molecule has 3 heterocycles. The number of methoxy groups -OCH3 is 1. The summed E-state index contributed by atoms with van der Waals surface area (Å²) in [5.41, 5.74) is 2.83. The van der Waals surface area contributed by atoms with E-state index in [9.17, 15) is 8.42 Å². The Balaban J connectivity index is 1.58. The van der Waals surface area contributed by atoms with Crippen molar-refractivity contribution in [3.63, 3.8) is 0 Å². The van der Waals surface area contributed by atoms with Crippen LogP contribution in [-0.4, -0.2) is 74.9 Å². The van der Waals surface area contributed by atoms with Gasteiger partial charge >= 0.3 is 0 Å². The lowest BCUT2D eigenvalue weighted by Gasteiger charge is -2.41. The maximum absolute atomic E-state index is 11.7. The summed E-state index contributed by atoms with van der Waals surface area (Å²) in [6.07, 6.45) is 7.72. The number of anilines is 3. The maximum atomic E-state index is 11.7. The predicted octanol–water partition coefficient (Wildman–Crippen LogP) is 3.60. The number of aromatic nitrogens is 3. The van der Waals surface area contributed by atoms with Gasteiger partial charge < -0.3 is 25.7 Å². The molecule has 0 saturated carbocycles. The normalized spacial score (nSPS) is 14.6. The van der Waals surface area contributed by atoms with Crippen molar-refractivity contribution >= 4 is 49.7 Å². The highest BCUT2D eigenvalue weighted by atomic mass is 32.2. The molecule has 1 saturated heterocycles. The van der Waals surface area contributed by atoms with Crippen LogP contribution in [0.15, 0.2) is 42.9 Å². The van der Waals surface area contributed by atoms with Gasteiger partial charge in [0.2, 0.25) is 0 Å². The molecule has 38 heavy (non-hydrogen) atoms. The van der Waals surface area contributed by atoms with Gasteiger partial charge in [-0.05, 0) is 35.1 Å². The fraction of sp³-hybridized carbons (Fsp3) is 0.407. The third kappa shape index (κ3) is 6.65. The third-order valence-electron chi connectivity index (χ3n) is 6.40. The number of fused-ring (bicyclic) bond motifs is 1. The number of pyridine rings is 1. The van der Waals surface area contributed by atoms with E-state index in [1.54, 1.807) is 25.6 Å². The van der Waals surface area contributed by atoms with Crippen molar-refractivity contribution in [3.8, 4) is 0 Å². The van der Waals surface area contributed by atoms with E-state index in [0.29, 0.717) is 42.1 Å². The maximum Gasteiger partial charge on any atom is 0.164 e. The number of hydrogen-bond donors (Lipinski definition) is 3. The van der Waals surface area contributed by atoms with E-state index in [2.05, 4.69) is 56.5 Å². The standard InChI is InChI=1S/C27H35N7O3S/c1-18(2)21-5-6-24(34-15-19(16-34)17-38(4,35)36)23-14-31-26(11-22(21)23)32-25-7-8-30-27(33-25)20(12-28)13-29-9-10-37-3/h5-8,11-14,18-19,28-29H,9-10,15-17H2,1-4H3,(H,30,31,32,33)/b20-13+,28-12?. The van der Waals surface area contributed by atoms with Crippen molar-refractivity contribution < 1.29 is 13.2 Å². The predicted molar refractivity (Wildman–Crippen MR) is 153 cm³/mol. The number of allylic oxidation sites excluding steroid dienone is 1. The molecule has 10 nitrogen and oxygen atoms in total. The van der Waals surface area contributed by atoms with Crippen molar-refractivity contribution in [2.45, 2.75) is 19.8 Å². The minimum absolute atomic E-state index is 0.153. The fourth-order valence-corrected chi connectivity index (χ4v) is 5.67. The van der Waals surface area contributed by atoms with Crippen LogP contribution in [0.1, 0.15) is 31.2 Å². The first-order chi connectivity index (χ1) is 18.2. The van der Waals surface area contributed by atoms with Gasteiger partial charge in [0.25, 0.3) is 0 Å². The molecular formula is C27H35N7O3S. The van der Waals surface area contributed by atoms with Gasteiger partial charge in [0.15, 0.2) is 5.82 Å². The van der Waals surface area contributed by atoms with E-state index < -0.39 is 9.84 Å². The molecule has 4 rings (SSSR count). The minimum atomic E-state index is -2.99. The molecule has 0 aliphatic carbocycles. The van der Waals surface area contributed by atoms with Gasteiger partial charge in [0.1, 0.15) is 21.5 Å². The first kappa shape index (κ1) is 27.5. The van der Waals surface area contributed by atoms with Crippen LogP contribution in [0.3, 0.4) is 0 Å². The van der Waals surface area contributed by atoms with Crippen LogP contribution in [0.4, 0.5) is 17.3 Å². The van der Waals surface area contributed by atoms with Crippen LogP contribution in [0, 0.1) is 11.3 Å². The minimum Gasteiger partial charge on any atom is -0.388 e. The quantitative estimate of drug-likeness (QED) is 0.234. The Morgan fingerprint density at radius 1 is 1.21 bits per heavy atom. The van der Waals surface area contributed by atoms with Crippen LogP contribution < -0.4 is 15.5 Å². The summed E-state index contributed by atoms with van der Waals surface area (Å²) in [6, 6.07) is 8.06. The highest BCUT2D eigenvalue weighted by Crippen LogP contribution is 2.37. The van der Waals surface area contributed by atoms with Gasteiger partial charge in [-0.25, -0.2) is 23.4 Å². The molecule has 0 amide bonds. The summed E-state index contributed by atoms with van der Waals surface area (Å²) in [6.45, 7) is 6.93. The lowest BCUT2D eigenvalue weighted by molar-refractivity contribution is 0.203. The average Bonchev–Trinajstić information content (AvgIpc) is 2.85. The van der Waals surface area contributed by atoms with Crippen molar-refractivity contribution in [3.05, 3.63) is 54.2 Å². The largest absolute Gasteiger partial charge is 0.388 e. The summed E-state index contributed by atoms with van der Waals surface area (Å²) in [4.78, 5) is 15.8. The molecule has 0 spiro atoms. The van der Waals surface area contributed by atoms with Crippen molar-refractivity contribution in [1.29, 1.82) is 5.41 Å². The van der Waals surface area contributed by atoms with Crippen molar-refractivity contribution in [2.75, 3.05) is 55.6 Å². The molecule has 1 aliphatic rings. The number of nitrogens with one attached hydrogen (secondary N) is 3. The van der Waals surface area contributed by atoms with Crippen LogP contribution in [-0.2, 0) is 14.6 Å². The van der Waals surface area contributed by atoms with Crippen LogP contribution in [0.5, 0.6) is 0 Å². The summed E-state index contributed by atoms with van der Waals surface area (Å²) in [7, 11) is -1.35. The third-order valence-corrected chi connectivity index (χ3v) is 7.48. The average molecular weight is 538 g/mol. The number of sulfone groups is 1. The molecule has 0 bridgehead atoms. The number of hydrogen-bond acceptors (Lipinski definition) is 10. The lowest BCUT2D eigenvalue weighted by Crippen LogP contribution is -2.49.